The highest BCUT2D eigenvalue weighted by Gasteiger charge is 2.33. The molecule has 0 atom stereocenters. The number of benzene rings is 2. The Morgan fingerprint density at radius 1 is 1.03 bits per heavy atom. The van der Waals surface area contributed by atoms with Crippen LogP contribution in [-0.4, -0.2) is 53.1 Å². The number of amides is 1. The molecule has 2 aromatic carbocycles. The monoisotopic (exact) mass is 394 g/mol. The number of rotatable bonds is 7. The highest BCUT2D eigenvalue weighted by Crippen LogP contribution is 2.27. The molecular formula is C21H22N4O4. The quantitative estimate of drug-likeness (QED) is 0.613. The average Bonchev–Trinajstić information content (AvgIpc) is 3.19. The summed E-state index contributed by atoms with van der Waals surface area (Å²) < 4.78 is 18.0. The van der Waals surface area contributed by atoms with Crippen LogP contribution in [0, 0.1) is 0 Å². The third kappa shape index (κ3) is 4.16. The minimum absolute atomic E-state index is 0.0637. The number of methoxy groups -OCH3 is 2. The summed E-state index contributed by atoms with van der Waals surface area (Å²) in [5.74, 6) is 1.90. The van der Waals surface area contributed by atoms with Gasteiger partial charge in [-0.3, -0.25) is 4.79 Å². The van der Waals surface area contributed by atoms with E-state index < -0.39 is 0 Å². The van der Waals surface area contributed by atoms with Gasteiger partial charge in [0.05, 0.1) is 26.5 Å². The molecule has 8 nitrogen and oxygen atoms in total. The maximum absolute atomic E-state index is 12.8. The number of carbonyl (C=O) groups is 1. The zero-order valence-electron chi connectivity index (χ0n) is 16.3. The van der Waals surface area contributed by atoms with Crippen LogP contribution in [0.25, 0.3) is 0 Å². The molecule has 0 bridgehead atoms. The van der Waals surface area contributed by atoms with Gasteiger partial charge in [-0.25, -0.2) is 4.68 Å². The summed E-state index contributed by atoms with van der Waals surface area (Å²) in [6.07, 6.45) is 1.87. The number of hydrogen-bond donors (Lipinski definition) is 0. The lowest BCUT2D eigenvalue weighted by Crippen LogP contribution is -2.50. The predicted octanol–water partition coefficient (Wildman–Crippen LogP) is 2.57. The molecule has 3 aromatic rings. The van der Waals surface area contributed by atoms with Gasteiger partial charge in [-0.15, -0.1) is 5.10 Å². The molecule has 1 aromatic heterocycles. The summed E-state index contributed by atoms with van der Waals surface area (Å²) in [6.45, 7) is 1.49. The molecule has 150 valence electrons. The topological polar surface area (TPSA) is 78.7 Å². The van der Waals surface area contributed by atoms with E-state index in [4.69, 9.17) is 14.2 Å². The van der Waals surface area contributed by atoms with Gasteiger partial charge >= 0.3 is 0 Å². The Bertz CT molecular complexity index is 961. The molecular weight excluding hydrogens is 372 g/mol. The Morgan fingerprint density at radius 2 is 1.72 bits per heavy atom. The molecule has 1 fully saturated rings. The fraction of sp³-hybridized carbons (Fsp3) is 0.286. The Balaban J connectivity index is 1.34. The van der Waals surface area contributed by atoms with Crippen molar-refractivity contribution in [1.29, 1.82) is 0 Å². The van der Waals surface area contributed by atoms with E-state index in [2.05, 4.69) is 10.3 Å². The molecule has 1 amide bonds. The summed E-state index contributed by atoms with van der Waals surface area (Å²) in [5.41, 5.74) is 1.28. The van der Waals surface area contributed by atoms with Crippen molar-refractivity contribution in [1.82, 2.24) is 19.9 Å². The maximum atomic E-state index is 12.8. The molecule has 0 aliphatic carbocycles. The highest BCUT2D eigenvalue weighted by atomic mass is 16.5. The molecule has 0 unspecified atom stereocenters. The molecule has 0 spiro atoms. The first kappa shape index (κ1) is 18.8. The molecule has 1 saturated heterocycles. The van der Waals surface area contributed by atoms with Gasteiger partial charge in [-0.1, -0.05) is 23.4 Å². The van der Waals surface area contributed by atoms with Gasteiger partial charge in [-0.2, -0.15) is 0 Å². The second-order valence-electron chi connectivity index (χ2n) is 6.76. The fourth-order valence-corrected chi connectivity index (χ4v) is 3.13. The molecule has 0 saturated carbocycles. The van der Waals surface area contributed by atoms with E-state index in [0.717, 1.165) is 11.4 Å². The van der Waals surface area contributed by atoms with Crippen LogP contribution in [0.15, 0.2) is 54.7 Å². The van der Waals surface area contributed by atoms with Gasteiger partial charge < -0.3 is 19.1 Å². The van der Waals surface area contributed by atoms with Crippen LogP contribution in [0.1, 0.15) is 22.1 Å². The van der Waals surface area contributed by atoms with E-state index in [-0.39, 0.29) is 11.9 Å². The van der Waals surface area contributed by atoms with Gasteiger partial charge in [-0.05, 0) is 24.3 Å². The zero-order valence-corrected chi connectivity index (χ0v) is 16.3. The number of likely N-dealkylation sites (tertiary alicyclic amines) is 1. The number of carbonyl (C=O) groups excluding carboxylic acids is 1. The van der Waals surface area contributed by atoms with E-state index in [0.29, 0.717) is 36.8 Å². The SMILES string of the molecule is COc1cc(OC)cc(C(=O)N2CC(n3cc(COc4ccccc4)nn3)C2)c1. The summed E-state index contributed by atoms with van der Waals surface area (Å²) >= 11 is 0. The second-order valence-corrected chi connectivity index (χ2v) is 6.76. The Morgan fingerprint density at radius 3 is 2.38 bits per heavy atom. The molecule has 1 aliphatic rings. The Labute approximate surface area is 168 Å². The predicted molar refractivity (Wildman–Crippen MR) is 105 cm³/mol. The van der Waals surface area contributed by atoms with Gasteiger partial charge in [0.15, 0.2) is 0 Å². The van der Waals surface area contributed by atoms with Crippen LogP contribution in [0.3, 0.4) is 0 Å². The van der Waals surface area contributed by atoms with Crippen molar-refractivity contribution in [2.24, 2.45) is 0 Å². The van der Waals surface area contributed by atoms with Crippen LogP contribution in [0.4, 0.5) is 0 Å². The number of ether oxygens (including phenoxy) is 3. The molecule has 8 heteroatoms. The van der Waals surface area contributed by atoms with Crippen molar-refractivity contribution in [2.75, 3.05) is 27.3 Å². The minimum Gasteiger partial charge on any atom is -0.497 e. The lowest BCUT2D eigenvalue weighted by Gasteiger charge is -2.38. The summed E-state index contributed by atoms with van der Waals surface area (Å²) in [5, 5.41) is 8.34. The van der Waals surface area contributed by atoms with E-state index in [1.807, 2.05) is 36.5 Å². The lowest BCUT2D eigenvalue weighted by atomic mass is 10.1. The third-order valence-corrected chi connectivity index (χ3v) is 4.81. The highest BCUT2D eigenvalue weighted by molar-refractivity contribution is 5.95. The van der Waals surface area contributed by atoms with Crippen molar-refractivity contribution in [3.8, 4) is 17.2 Å². The summed E-state index contributed by atoms with van der Waals surface area (Å²) in [4.78, 5) is 14.5. The minimum atomic E-state index is -0.0637. The maximum Gasteiger partial charge on any atom is 0.254 e. The van der Waals surface area contributed by atoms with Crippen molar-refractivity contribution >= 4 is 5.91 Å². The summed E-state index contributed by atoms with van der Waals surface area (Å²) in [7, 11) is 3.12. The molecule has 1 aliphatic heterocycles. The van der Waals surface area contributed by atoms with E-state index in [1.165, 1.54) is 0 Å². The fourth-order valence-electron chi connectivity index (χ4n) is 3.13. The number of nitrogens with zero attached hydrogens (tertiary/aromatic N) is 4. The summed E-state index contributed by atoms with van der Waals surface area (Å²) in [6, 6.07) is 14.8. The Hall–Kier alpha value is -3.55. The van der Waals surface area contributed by atoms with Gasteiger partial charge in [0.25, 0.3) is 5.91 Å². The number of para-hydroxylation sites is 1. The van der Waals surface area contributed by atoms with Gasteiger partial charge in [0.1, 0.15) is 29.5 Å². The Kier molecular flexibility index (Phi) is 5.33. The average molecular weight is 394 g/mol. The van der Waals surface area contributed by atoms with Crippen LogP contribution in [0.5, 0.6) is 17.2 Å². The zero-order chi connectivity index (χ0) is 20.2. The number of hydrogen-bond acceptors (Lipinski definition) is 6. The molecule has 0 N–H and O–H groups in total. The first-order chi connectivity index (χ1) is 14.2. The second kappa shape index (κ2) is 8.22. The lowest BCUT2D eigenvalue weighted by molar-refractivity contribution is 0.0497. The van der Waals surface area contributed by atoms with Crippen LogP contribution in [0.2, 0.25) is 0 Å². The largest absolute Gasteiger partial charge is 0.497 e. The van der Waals surface area contributed by atoms with Crippen molar-refractivity contribution in [3.63, 3.8) is 0 Å². The molecule has 0 radical (unpaired) electrons. The van der Waals surface area contributed by atoms with Crippen LogP contribution in [-0.2, 0) is 6.61 Å². The standard InChI is InChI=1S/C21H22N4O4/c1-27-19-8-15(9-20(10-19)28-2)21(26)24-12-17(13-24)25-11-16(22-23-25)14-29-18-6-4-3-5-7-18/h3-11,17H,12-14H2,1-2H3. The normalized spacial score (nSPS) is 13.7. The third-order valence-electron chi connectivity index (χ3n) is 4.81. The van der Waals surface area contributed by atoms with Crippen molar-refractivity contribution in [3.05, 3.63) is 66.0 Å². The van der Waals surface area contributed by atoms with E-state index >= 15 is 0 Å². The van der Waals surface area contributed by atoms with Crippen LogP contribution < -0.4 is 14.2 Å². The molecule has 2 heterocycles. The smallest absolute Gasteiger partial charge is 0.254 e. The first-order valence-corrected chi connectivity index (χ1v) is 9.27. The van der Waals surface area contributed by atoms with Crippen molar-refractivity contribution in [2.45, 2.75) is 12.6 Å². The van der Waals surface area contributed by atoms with Crippen LogP contribution >= 0.6 is 0 Å². The van der Waals surface area contributed by atoms with Gasteiger partial charge in [0, 0.05) is 24.7 Å². The first-order valence-electron chi connectivity index (χ1n) is 9.27. The van der Waals surface area contributed by atoms with Crippen molar-refractivity contribution < 1.29 is 19.0 Å². The molecule has 29 heavy (non-hydrogen) atoms. The van der Waals surface area contributed by atoms with Gasteiger partial charge in [0.2, 0.25) is 0 Å². The van der Waals surface area contributed by atoms with E-state index in [9.17, 15) is 4.79 Å². The number of aromatic nitrogens is 3. The van der Waals surface area contributed by atoms with E-state index in [1.54, 1.807) is 42.0 Å². The molecule has 4 rings (SSSR count).